The molecule has 0 saturated carbocycles. The standard InChI is InChI=1S/C12H11FN2O2S/c1-17-10-3-2-7(6-8(10)13)15-12(16)11-9(14)4-5-18-11/h2-6H,14H2,1H3,(H,15,16). The van der Waals surface area contributed by atoms with Crippen molar-refractivity contribution in [3.05, 3.63) is 40.3 Å². The van der Waals surface area contributed by atoms with Gasteiger partial charge in [0, 0.05) is 11.8 Å². The van der Waals surface area contributed by atoms with Gasteiger partial charge in [-0.15, -0.1) is 11.3 Å². The Morgan fingerprint density at radius 1 is 1.44 bits per heavy atom. The summed E-state index contributed by atoms with van der Waals surface area (Å²) in [5, 5.41) is 4.29. The number of nitrogen functional groups attached to an aromatic ring is 1. The minimum atomic E-state index is -0.533. The minimum absolute atomic E-state index is 0.128. The number of hydrogen-bond acceptors (Lipinski definition) is 4. The van der Waals surface area contributed by atoms with Gasteiger partial charge >= 0.3 is 0 Å². The van der Waals surface area contributed by atoms with Crippen LogP contribution in [-0.2, 0) is 0 Å². The number of hydrogen-bond donors (Lipinski definition) is 2. The van der Waals surface area contributed by atoms with Crippen LogP contribution in [0.3, 0.4) is 0 Å². The number of carbonyl (C=O) groups is 1. The summed E-state index contributed by atoms with van der Waals surface area (Å²) in [4.78, 5) is 12.2. The van der Waals surface area contributed by atoms with Gasteiger partial charge in [0.25, 0.3) is 5.91 Å². The van der Waals surface area contributed by atoms with Crippen molar-refractivity contribution in [3.8, 4) is 5.75 Å². The number of halogens is 1. The monoisotopic (exact) mass is 266 g/mol. The number of nitrogens with one attached hydrogen (secondary N) is 1. The van der Waals surface area contributed by atoms with Crippen molar-refractivity contribution in [1.82, 2.24) is 0 Å². The third-order valence-electron chi connectivity index (χ3n) is 2.31. The summed E-state index contributed by atoms with van der Waals surface area (Å²) in [5.74, 6) is -0.759. The molecule has 0 unspecified atom stereocenters. The highest BCUT2D eigenvalue weighted by Gasteiger charge is 2.12. The Hall–Kier alpha value is -2.08. The molecule has 94 valence electrons. The second kappa shape index (κ2) is 5.05. The van der Waals surface area contributed by atoms with Crippen molar-refractivity contribution in [2.75, 3.05) is 18.2 Å². The van der Waals surface area contributed by atoms with Gasteiger partial charge in [0.2, 0.25) is 0 Å². The van der Waals surface area contributed by atoms with Gasteiger partial charge in [-0.05, 0) is 23.6 Å². The average Bonchev–Trinajstić information content (AvgIpc) is 2.76. The van der Waals surface area contributed by atoms with Gasteiger partial charge in [0.15, 0.2) is 11.6 Å². The molecule has 0 bridgehead atoms. The van der Waals surface area contributed by atoms with E-state index >= 15 is 0 Å². The Bertz CT molecular complexity index is 583. The van der Waals surface area contributed by atoms with Crippen LogP contribution in [-0.4, -0.2) is 13.0 Å². The molecule has 2 aromatic rings. The van der Waals surface area contributed by atoms with Crippen molar-refractivity contribution in [1.29, 1.82) is 0 Å². The van der Waals surface area contributed by atoms with Gasteiger partial charge in [-0.25, -0.2) is 4.39 Å². The summed E-state index contributed by atoms with van der Waals surface area (Å²) >= 11 is 1.23. The molecule has 0 aliphatic carbocycles. The van der Waals surface area contributed by atoms with Crippen molar-refractivity contribution in [2.24, 2.45) is 0 Å². The van der Waals surface area contributed by atoms with Crippen LogP contribution < -0.4 is 15.8 Å². The number of methoxy groups -OCH3 is 1. The lowest BCUT2D eigenvalue weighted by molar-refractivity contribution is 0.103. The first-order valence-corrected chi connectivity index (χ1v) is 5.97. The van der Waals surface area contributed by atoms with Crippen molar-refractivity contribution < 1.29 is 13.9 Å². The predicted molar refractivity (Wildman–Crippen MR) is 69.6 cm³/mol. The SMILES string of the molecule is COc1ccc(NC(=O)c2sccc2N)cc1F. The van der Waals surface area contributed by atoms with Crippen LogP contribution in [0.15, 0.2) is 29.6 Å². The van der Waals surface area contributed by atoms with Crippen LogP contribution in [0.25, 0.3) is 0 Å². The van der Waals surface area contributed by atoms with Crippen LogP contribution in [0.1, 0.15) is 9.67 Å². The second-order valence-electron chi connectivity index (χ2n) is 3.51. The lowest BCUT2D eigenvalue weighted by Gasteiger charge is -2.06. The predicted octanol–water partition coefficient (Wildman–Crippen LogP) is 2.73. The van der Waals surface area contributed by atoms with E-state index in [2.05, 4.69) is 5.32 Å². The Morgan fingerprint density at radius 2 is 2.22 bits per heavy atom. The number of anilines is 2. The molecule has 0 atom stereocenters. The van der Waals surface area contributed by atoms with Crippen LogP contribution in [0.4, 0.5) is 15.8 Å². The number of nitrogens with two attached hydrogens (primary N) is 1. The normalized spacial score (nSPS) is 10.1. The molecule has 0 saturated heterocycles. The molecule has 1 aromatic heterocycles. The highest BCUT2D eigenvalue weighted by atomic mass is 32.1. The molecule has 0 radical (unpaired) electrons. The Balaban J connectivity index is 2.17. The lowest BCUT2D eigenvalue weighted by atomic mass is 10.2. The van der Waals surface area contributed by atoms with E-state index in [0.29, 0.717) is 16.3 Å². The van der Waals surface area contributed by atoms with Gasteiger partial charge in [-0.2, -0.15) is 0 Å². The van der Waals surface area contributed by atoms with Gasteiger partial charge in [-0.1, -0.05) is 0 Å². The summed E-state index contributed by atoms with van der Waals surface area (Å²) in [5.41, 5.74) is 6.39. The van der Waals surface area contributed by atoms with E-state index in [4.69, 9.17) is 10.5 Å². The maximum atomic E-state index is 13.4. The molecule has 4 nitrogen and oxygen atoms in total. The van der Waals surface area contributed by atoms with Gasteiger partial charge in [0.05, 0.1) is 12.8 Å². The number of thiophene rings is 1. The van der Waals surface area contributed by atoms with Crippen molar-refractivity contribution >= 4 is 28.6 Å². The molecule has 0 aliphatic rings. The van der Waals surface area contributed by atoms with E-state index in [-0.39, 0.29) is 11.7 Å². The number of ether oxygens (including phenoxy) is 1. The fraction of sp³-hybridized carbons (Fsp3) is 0.0833. The average molecular weight is 266 g/mol. The lowest BCUT2D eigenvalue weighted by Crippen LogP contribution is -2.12. The van der Waals surface area contributed by atoms with Crippen LogP contribution in [0, 0.1) is 5.82 Å². The quantitative estimate of drug-likeness (QED) is 0.897. The third kappa shape index (κ3) is 2.43. The minimum Gasteiger partial charge on any atom is -0.494 e. The fourth-order valence-electron chi connectivity index (χ4n) is 1.44. The van der Waals surface area contributed by atoms with Crippen LogP contribution in [0.5, 0.6) is 5.75 Å². The zero-order valence-corrected chi connectivity index (χ0v) is 10.4. The van der Waals surface area contributed by atoms with Crippen LogP contribution >= 0.6 is 11.3 Å². The van der Waals surface area contributed by atoms with E-state index in [0.717, 1.165) is 0 Å². The summed E-state index contributed by atoms with van der Waals surface area (Å²) in [6.45, 7) is 0. The Kier molecular flexibility index (Phi) is 3.47. The van der Waals surface area contributed by atoms with Crippen molar-refractivity contribution in [2.45, 2.75) is 0 Å². The third-order valence-corrected chi connectivity index (χ3v) is 3.24. The zero-order valence-electron chi connectivity index (χ0n) is 9.57. The number of rotatable bonds is 3. The molecular weight excluding hydrogens is 255 g/mol. The van der Waals surface area contributed by atoms with E-state index in [1.165, 1.54) is 30.6 Å². The molecule has 3 N–H and O–H groups in total. The number of carbonyl (C=O) groups excluding carboxylic acids is 1. The molecule has 1 amide bonds. The molecule has 0 fully saturated rings. The summed E-state index contributed by atoms with van der Waals surface area (Å²) in [7, 11) is 1.38. The molecule has 0 aliphatic heterocycles. The first-order valence-electron chi connectivity index (χ1n) is 5.09. The van der Waals surface area contributed by atoms with E-state index in [1.54, 1.807) is 17.5 Å². The van der Waals surface area contributed by atoms with E-state index < -0.39 is 5.82 Å². The van der Waals surface area contributed by atoms with Gasteiger partial charge in [0.1, 0.15) is 4.88 Å². The van der Waals surface area contributed by atoms with Gasteiger partial charge < -0.3 is 15.8 Å². The molecule has 1 heterocycles. The summed E-state index contributed by atoms with van der Waals surface area (Å²) in [6, 6.07) is 5.85. The highest BCUT2D eigenvalue weighted by Crippen LogP contribution is 2.23. The Morgan fingerprint density at radius 3 is 2.78 bits per heavy atom. The van der Waals surface area contributed by atoms with E-state index in [1.807, 2.05) is 0 Å². The van der Waals surface area contributed by atoms with Crippen LogP contribution in [0.2, 0.25) is 0 Å². The largest absolute Gasteiger partial charge is 0.494 e. The first-order chi connectivity index (χ1) is 8.61. The van der Waals surface area contributed by atoms with E-state index in [9.17, 15) is 9.18 Å². The highest BCUT2D eigenvalue weighted by molar-refractivity contribution is 7.12. The summed E-state index contributed by atoms with van der Waals surface area (Å²) < 4.78 is 18.2. The summed E-state index contributed by atoms with van der Waals surface area (Å²) in [6.07, 6.45) is 0. The number of benzene rings is 1. The van der Waals surface area contributed by atoms with Crippen molar-refractivity contribution in [3.63, 3.8) is 0 Å². The first kappa shape index (κ1) is 12.4. The Labute approximate surface area is 107 Å². The second-order valence-corrected chi connectivity index (χ2v) is 4.42. The molecule has 0 spiro atoms. The fourth-order valence-corrected chi connectivity index (χ4v) is 2.15. The molecular formula is C12H11FN2O2S. The number of amides is 1. The zero-order chi connectivity index (χ0) is 13.1. The molecule has 1 aromatic carbocycles. The topological polar surface area (TPSA) is 64.3 Å². The van der Waals surface area contributed by atoms with Gasteiger partial charge in [-0.3, -0.25) is 4.79 Å². The molecule has 6 heteroatoms. The maximum Gasteiger partial charge on any atom is 0.267 e. The molecule has 2 rings (SSSR count). The maximum absolute atomic E-state index is 13.4. The smallest absolute Gasteiger partial charge is 0.267 e. The molecule has 18 heavy (non-hydrogen) atoms.